The highest BCUT2D eigenvalue weighted by molar-refractivity contribution is 8.00. The Morgan fingerprint density at radius 3 is 2.61 bits per heavy atom. The molecule has 3 rings (SSSR count). The van der Waals surface area contributed by atoms with Crippen molar-refractivity contribution in [3.63, 3.8) is 0 Å². The van der Waals surface area contributed by atoms with Crippen LogP contribution < -0.4 is 10.9 Å². The van der Waals surface area contributed by atoms with Gasteiger partial charge in [0.05, 0.1) is 21.8 Å². The van der Waals surface area contributed by atoms with Crippen LogP contribution in [0.2, 0.25) is 0 Å². The van der Waals surface area contributed by atoms with E-state index in [9.17, 15) is 22.8 Å². The minimum Gasteiger partial charge on any atom is -0.323 e. The Labute approximate surface area is 162 Å². The number of anilines is 1. The average Bonchev–Trinajstić information content (AvgIpc) is 2.68. The second kappa shape index (κ2) is 8.05. The Balaban J connectivity index is 1.86. The topological polar surface area (TPSA) is 64.0 Å². The minimum atomic E-state index is -1.66. The van der Waals surface area contributed by atoms with Crippen LogP contribution in [0.3, 0.4) is 0 Å². The summed E-state index contributed by atoms with van der Waals surface area (Å²) in [6.45, 7) is 3.67. The standard InChI is InChI=1S/C19H16F3N3O2S/c1-3-25-18(27)11-6-4-5-7-13(11)24-19(25)28-10(2)17(26)23-14-9-8-12(20)15(21)16(14)22/h4-10H,3H2,1-2H3,(H,23,26). The smallest absolute Gasteiger partial charge is 0.262 e. The molecule has 9 heteroatoms. The molecule has 0 saturated carbocycles. The molecule has 1 aromatic heterocycles. The van der Waals surface area contributed by atoms with Gasteiger partial charge in [-0.05, 0) is 38.1 Å². The third-order valence-corrected chi connectivity index (χ3v) is 5.18. The Kier molecular flexibility index (Phi) is 5.73. The number of hydrogen-bond donors (Lipinski definition) is 1. The van der Waals surface area contributed by atoms with E-state index >= 15 is 0 Å². The van der Waals surface area contributed by atoms with E-state index in [0.717, 1.165) is 23.9 Å². The molecule has 2 aromatic carbocycles. The number of thioether (sulfide) groups is 1. The summed E-state index contributed by atoms with van der Waals surface area (Å²) < 4.78 is 41.6. The second-order valence-corrected chi connectivity index (χ2v) is 7.24. The maximum atomic E-state index is 13.8. The molecule has 0 bridgehead atoms. The summed E-state index contributed by atoms with van der Waals surface area (Å²) in [7, 11) is 0. The summed E-state index contributed by atoms with van der Waals surface area (Å²) in [5, 5.41) is 2.25. The molecule has 28 heavy (non-hydrogen) atoms. The van der Waals surface area contributed by atoms with Crippen molar-refractivity contribution in [1.29, 1.82) is 0 Å². The van der Waals surface area contributed by atoms with Crippen molar-refractivity contribution in [2.45, 2.75) is 30.8 Å². The van der Waals surface area contributed by atoms with Gasteiger partial charge in [-0.15, -0.1) is 0 Å². The number of fused-ring (bicyclic) bond motifs is 1. The third kappa shape index (κ3) is 3.75. The first-order valence-corrected chi connectivity index (χ1v) is 9.32. The van der Waals surface area contributed by atoms with Gasteiger partial charge in [0.2, 0.25) is 5.91 Å². The molecule has 3 aromatic rings. The number of hydrogen-bond acceptors (Lipinski definition) is 4. The monoisotopic (exact) mass is 407 g/mol. The zero-order chi connectivity index (χ0) is 20.4. The van der Waals surface area contributed by atoms with Gasteiger partial charge in [0.25, 0.3) is 5.56 Å². The van der Waals surface area contributed by atoms with Crippen molar-refractivity contribution in [2.24, 2.45) is 0 Å². The van der Waals surface area contributed by atoms with Crippen LogP contribution in [0.4, 0.5) is 18.9 Å². The van der Waals surface area contributed by atoms with Crippen LogP contribution in [0, 0.1) is 17.5 Å². The third-order valence-electron chi connectivity index (χ3n) is 4.09. The van der Waals surface area contributed by atoms with Gasteiger partial charge in [0, 0.05) is 6.54 Å². The van der Waals surface area contributed by atoms with Crippen LogP contribution in [-0.2, 0) is 11.3 Å². The average molecular weight is 407 g/mol. The van der Waals surface area contributed by atoms with Crippen molar-refractivity contribution in [3.8, 4) is 0 Å². The van der Waals surface area contributed by atoms with E-state index < -0.39 is 34.3 Å². The van der Waals surface area contributed by atoms with Gasteiger partial charge in [-0.2, -0.15) is 0 Å². The number of carbonyl (C=O) groups is 1. The normalized spacial score (nSPS) is 12.2. The molecule has 1 heterocycles. The number of amides is 1. The van der Waals surface area contributed by atoms with E-state index in [2.05, 4.69) is 10.3 Å². The SMILES string of the molecule is CCn1c(SC(C)C(=O)Nc2ccc(F)c(F)c2F)nc2ccccc2c1=O. The summed E-state index contributed by atoms with van der Waals surface area (Å²) in [5.41, 5.74) is -0.190. The van der Waals surface area contributed by atoms with Gasteiger partial charge in [0.1, 0.15) is 0 Å². The van der Waals surface area contributed by atoms with Crippen LogP contribution in [0.5, 0.6) is 0 Å². The first-order valence-electron chi connectivity index (χ1n) is 8.44. The summed E-state index contributed by atoms with van der Waals surface area (Å²) in [4.78, 5) is 29.4. The van der Waals surface area contributed by atoms with E-state index in [-0.39, 0.29) is 5.56 Å². The molecule has 0 radical (unpaired) electrons. The minimum absolute atomic E-state index is 0.227. The molecule has 1 N–H and O–H groups in total. The molecule has 1 unspecified atom stereocenters. The van der Waals surface area contributed by atoms with Crippen molar-refractivity contribution in [2.75, 3.05) is 5.32 Å². The fourth-order valence-electron chi connectivity index (χ4n) is 2.58. The molecule has 5 nitrogen and oxygen atoms in total. The van der Waals surface area contributed by atoms with Crippen LogP contribution in [0.1, 0.15) is 13.8 Å². The molecule has 1 amide bonds. The Hall–Kier alpha value is -2.81. The molecule has 1 atom stereocenters. The van der Waals surface area contributed by atoms with Gasteiger partial charge in [0.15, 0.2) is 22.6 Å². The van der Waals surface area contributed by atoms with Crippen molar-refractivity contribution in [1.82, 2.24) is 9.55 Å². The highest BCUT2D eigenvalue weighted by Crippen LogP contribution is 2.25. The highest BCUT2D eigenvalue weighted by Gasteiger charge is 2.21. The molecule has 0 aliphatic heterocycles. The fraction of sp³-hybridized carbons (Fsp3) is 0.211. The number of carbonyl (C=O) groups excluding carboxylic acids is 1. The van der Waals surface area contributed by atoms with Crippen molar-refractivity contribution in [3.05, 3.63) is 64.2 Å². The van der Waals surface area contributed by atoms with Gasteiger partial charge in [-0.1, -0.05) is 23.9 Å². The Bertz CT molecular complexity index is 1120. The molecule has 0 spiro atoms. The largest absolute Gasteiger partial charge is 0.323 e. The summed E-state index contributed by atoms with van der Waals surface area (Å²) in [6, 6.07) is 8.53. The lowest BCUT2D eigenvalue weighted by Crippen LogP contribution is -2.27. The number of nitrogens with zero attached hydrogens (tertiary/aromatic N) is 2. The zero-order valence-corrected chi connectivity index (χ0v) is 15.8. The van der Waals surface area contributed by atoms with E-state index in [0.29, 0.717) is 22.6 Å². The lowest BCUT2D eigenvalue weighted by Gasteiger charge is -2.15. The summed E-state index contributed by atoms with van der Waals surface area (Å²) in [5.74, 6) is -5.11. The maximum Gasteiger partial charge on any atom is 0.262 e. The van der Waals surface area contributed by atoms with E-state index in [4.69, 9.17) is 0 Å². The lowest BCUT2D eigenvalue weighted by atomic mass is 10.2. The van der Waals surface area contributed by atoms with E-state index in [1.807, 2.05) is 0 Å². The molecule has 0 saturated heterocycles. The van der Waals surface area contributed by atoms with Gasteiger partial charge in [-0.25, -0.2) is 18.2 Å². The molecule has 0 aliphatic carbocycles. The fourth-order valence-corrected chi connectivity index (χ4v) is 3.56. The molecule has 0 fully saturated rings. The quantitative estimate of drug-likeness (QED) is 0.395. The Morgan fingerprint density at radius 2 is 1.89 bits per heavy atom. The lowest BCUT2D eigenvalue weighted by molar-refractivity contribution is -0.115. The van der Waals surface area contributed by atoms with Crippen molar-refractivity contribution < 1.29 is 18.0 Å². The van der Waals surface area contributed by atoms with E-state index in [1.165, 1.54) is 4.57 Å². The summed E-state index contributed by atoms with van der Waals surface area (Å²) in [6.07, 6.45) is 0. The van der Waals surface area contributed by atoms with Crippen molar-refractivity contribution >= 4 is 34.3 Å². The van der Waals surface area contributed by atoms with Gasteiger partial charge < -0.3 is 5.32 Å². The first kappa shape index (κ1) is 19.9. The summed E-state index contributed by atoms with van der Waals surface area (Å²) >= 11 is 1.01. The maximum absolute atomic E-state index is 13.8. The molecule has 146 valence electrons. The first-order chi connectivity index (χ1) is 13.3. The Morgan fingerprint density at radius 1 is 1.18 bits per heavy atom. The molecule has 0 aliphatic rings. The number of benzene rings is 2. The molecular weight excluding hydrogens is 391 g/mol. The highest BCUT2D eigenvalue weighted by atomic mass is 32.2. The van der Waals surface area contributed by atoms with Crippen LogP contribution in [0.15, 0.2) is 46.3 Å². The number of halogens is 3. The van der Waals surface area contributed by atoms with Crippen LogP contribution >= 0.6 is 11.8 Å². The number of nitrogens with one attached hydrogen (secondary N) is 1. The van der Waals surface area contributed by atoms with E-state index in [1.54, 1.807) is 38.1 Å². The predicted molar refractivity (Wildman–Crippen MR) is 102 cm³/mol. The second-order valence-electron chi connectivity index (χ2n) is 5.93. The molecular formula is C19H16F3N3O2S. The van der Waals surface area contributed by atoms with Crippen LogP contribution in [-0.4, -0.2) is 20.7 Å². The van der Waals surface area contributed by atoms with Crippen LogP contribution in [0.25, 0.3) is 10.9 Å². The number of rotatable bonds is 5. The van der Waals surface area contributed by atoms with Gasteiger partial charge in [-0.3, -0.25) is 14.2 Å². The number of para-hydroxylation sites is 1. The number of aromatic nitrogens is 2. The zero-order valence-electron chi connectivity index (χ0n) is 15.0. The predicted octanol–water partition coefficient (Wildman–Crippen LogP) is 3.95. The van der Waals surface area contributed by atoms with Gasteiger partial charge >= 0.3 is 0 Å².